The van der Waals surface area contributed by atoms with Gasteiger partial charge in [-0.05, 0) is 31.3 Å². The van der Waals surface area contributed by atoms with Crippen molar-refractivity contribution in [3.63, 3.8) is 0 Å². The van der Waals surface area contributed by atoms with Gasteiger partial charge in [-0.1, -0.05) is 0 Å². The predicted molar refractivity (Wildman–Crippen MR) is 51.1 cm³/mol. The number of hydrogen-bond donors (Lipinski definition) is 0. The Hall–Kier alpha value is -0.200. The van der Waals surface area contributed by atoms with Gasteiger partial charge in [-0.3, -0.25) is 0 Å². The van der Waals surface area contributed by atoms with E-state index in [0.29, 0.717) is 6.61 Å². The molecule has 0 saturated carbocycles. The zero-order valence-corrected chi connectivity index (χ0v) is 8.32. The van der Waals surface area contributed by atoms with Gasteiger partial charge in [0.25, 0.3) is 0 Å². The quantitative estimate of drug-likeness (QED) is 0.628. The first-order chi connectivity index (χ1) is 5.83. The van der Waals surface area contributed by atoms with E-state index in [4.69, 9.17) is 10.00 Å². The third-order valence-corrected chi connectivity index (χ3v) is 3.04. The highest BCUT2D eigenvalue weighted by molar-refractivity contribution is 7.98. The van der Waals surface area contributed by atoms with E-state index in [1.54, 1.807) is 0 Å². The second-order valence-corrected chi connectivity index (χ2v) is 4.28. The molecule has 1 fully saturated rings. The molecule has 3 heteroatoms. The van der Waals surface area contributed by atoms with Crippen molar-refractivity contribution >= 4 is 11.8 Å². The third-order valence-electron chi connectivity index (χ3n) is 2.34. The van der Waals surface area contributed by atoms with Crippen LogP contribution in [0.25, 0.3) is 0 Å². The average molecular weight is 185 g/mol. The number of rotatable bonds is 4. The first-order valence-electron chi connectivity index (χ1n) is 4.31. The van der Waals surface area contributed by atoms with Gasteiger partial charge in [-0.15, -0.1) is 0 Å². The van der Waals surface area contributed by atoms with Gasteiger partial charge in [0.2, 0.25) is 0 Å². The lowest BCUT2D eigenvalue weighted by molar-refractivity contribution is 0.168. The highest BCUT2D eigenvalue weighted by Gasteiger charge is 2.34. The van der Waals surface area contributed by atoms with Crippen LogP contribution in [0.1, 0.15) is 19.3 Å². The topological polar surface area (TPSA) is 33.0 Å². The Labute approximate surface area is 78.3 Å². The van der Waals surface area contributed by atoms with Crippen LogP contribution in [0.3, 0.4) is 0 Å². The Morgan fingerprint density at radius 3 is 3.00 bits per heavy atom. The van der Waals surface area contributed by atoms with E-state index in [-0.39, 0.29) is 5.41 Å². The van der Waals surface area contributed by atoms with Gasteiger partial charge < -0.3 is 4.74 Å². The Kier molecular flexibility index (Phi) is 3.90. The Morgan fingerprint density at radius 2 is 2.50 bits per heavy atom. The van der Waals surface area contributed by atoms with Crippen LogP contribution in [0.5, 0.6) is 0 Å². The molecule has 0 aromatic heterocycles. The normalized spacial score (nSPS) is 28.7. The van der Waals surface area contributed by atoms with Gasteiger partial charge >= 0.3 is 0 Å². The summed E-state index contributed by atoms with van der Waals surface area (Å²) in [5.41, 5.74) is -0.143. The van der Waals surface area contributed by atoms with Crippen LogP contribution < -0.4 is 0 Å². The third kappa shape index (κ3) is 2.40. The van der Waals surface area contributed by atoms with Crippen LogP contribution in [0, 0.1) is 16.7 Å². The fraction of sp³-hybridized carbons (Fsp3) is 0.889. The summed E-state index contributed by atoms with van der Waals surface area (Å²) in [5.74, 6) is 1.16. The molecule has 1 aliphatic heterocycles. The van der Waals surface area contributed by atoms with E-state index in [1.165, 1.54) is 0 Å². The van der Waals surface area contributed by atoms with Crippen molar-refractivity contribution in [2.75, 3.05) is 25.2 Å². The van der Waals surface area contributed by atoms with Crippen LogP contribution in [0.15, 0.2) is 0 Å². The second kappa shape index (κ2) is 4.74. The SMILES string of the molecule is CSCCCC1(C#N)CCOC1. The van der Waals surface area contributed by atoms with Gasteiger partial charge in [0.1, 0.15) is 0 Å². The number of thioether (sulfide) groups is 1. The van der Waals surface area contributed by atoms with Crippen LogP contribution in [-0.2, 0) is 4.74 Å². The Morgan fingerprint density at radius 1 is 1.67 bits per heavy atom. The van der Waals surface area contributed by atoms with Gasteiger partial charge in [0.05, 0.1) is 18.1 Å². The van der Waals surface area contributed by atoms with Crippen LogP contribution >= 0.6 is 11.8 Å². The molecule has 1 heterocycles. The van der Waals surface area contributed by atoms with Gasteiger partial charge in [-0.2, -0.15) is 17.0 Å². The Balaban J connectivity index is 2.30. The van der Waals surface area contributed by atoms with E-state index in [2.05, 4.69) is 12.3 Å². The fourth-order valence-corrected chi connectivity index (χ4v) is 1.94. The average Bonchev–Trinajstić information content (AvgIpc) is 2.55. The van der Waals surface area contributed by atoms with Crippen molar-refractivity contribution in [1.82, 2.24) is 0 Å². The molecule has 0 amide bonds. The number of nitriles is 1. The molecule has 12 heavy (non-hydrogen) atoms. The molecule has 0 aliphatic carbocycles. The van der Waals surface area contributed by atoms with Crippen molar-refractivity contribution in [2.24, 2.45) is 5.41 Å². The minimum absolute atomic E-state index is 0.143. The van der Waals surface area contributed by atoms with Crippen molar-refractivity contribution < 1.29 is 4.74 Å². The summed E-state index contributed by atoms with van der Waals surface area (Å²) in [7, 11) is 0. The molecule has 2 nitrogen and oxygen atoms in total. The van der Waals surface area contributed by atoms with E-state index in [1.807, 2.05) is 11.8 Å². The lowest BCUT2D eigenvalue weighted by atomic mass is 9.84. The summed E-state index contributed by atoms with van der Waals surface area (Å²) in [6, 6.07) is 2.40. The van der Waals surface area contributed by atoms with Crippen molar-refractivity contribution in [3.05, 3.63) is 0 Å². The summed E-state index contributed by atoms with van der Waals surface area (Å²) in [4.78, 5) is 0. The van der Waals surface area contributed by atoms with Crippen molar-refractivity contribution in [1.29, 1.82) is 5.26 Å². The molecule has 1 aliphatic rings. The van der Waals surface area contributed by atoms with Gasteiger partial charge in [0, 0.05) is 6.61 Å². The molecule has 0 radical (unpaired) electrons. The molecule has 1 atom stereocenters. The largest absolute Gasteiger partial charge is 0.380 e. The Bertz CT molecular complexity index is 170. The van der Waals surface area contributed by atoms with Crippen LogP contribution in [-0.4, -0.2) is 25.2 Å². The molecule has 0 spiro atoms. The maximum Gasteiger partial charge on any atom is 0.0829 e. The minimum atomic E-state index is -0.143. The number of nitrogens with zero attached hydrogens (tertiary/aromatic N) is 1. The molecule has 0 aromatic carbocycles. The highest BCUT2D eigenvalue weighted by atomic mass is 32.2. The van der Waals surface area contributed by atoms with E-state index in [0.717, 1.165) is 31.6 Å². The minimum Gasteiger partial charge on any atom is -0.380 e. The maximum atomic E-state index is 8.98. The van der Waals surface area contributed by atoms with Crippen molar-refractivity contribution in [3.8, 4) is 6.07 Å². The molecule has 1 unspecified atom stereocenters. The van der Waals surface area contributed by atoms with Gasteiger partial charge in [-0.25, -0.2) is 0 Å². The first kappa shape index (κ1) is 9.88. The fourth-order valence-electron chi connectivity index (χ4n) is 1.50. The summed E-state index contributed by atoms with van der Waals surface area (Å²) in [6.07, 6.45) is 5.17. The van der Waals surface area contributed by atoms with E-state index in [9.17, 15) is 0 Å². The standard InChI is InChI=1S/C9H15NOS/c1-12-6-2-3-9(7-10)4-5-11-8-9/h2-6,8H2,1H3. The lowest BCUT2D eigenvalue weighted by Gasteiger charge is -2.17. The van der Waals surface area contributed by atoms with E-state index >= 15 is 0 Å². The summed E-state index contributed by atoms with van der Waals surface area (Å²) in [5, 5.41) is 8.98. The smallest absolute Gasteiger partial charge is 0.0829 e. The van der Waals surface area contributed by atoms with E-state index < -0.39 is 0 Å². The summed E-state index contributed by atoms with van der Waals surface area (Å²) < 4.78 is 5.25. The lowest BCUT2D eigenvalue weighted by Crippen LogP contribution is -2.18. The zero-order chi connectivity index (χ0) is 8.86. The maximum absolute atomic E-state index is 8.98. The second-order valence-electron chi connectivity index (χ2n) is 3.29. The molecule has 0 aromatic rings. The summed E-state index contributed by atoms with van der Waals surface area (Å²) in [6.45, 7) is 1.42. The molecule has 1 saturated heterocycles. The number of hydrogen-bond acceptors (Lipinski definition) is 3. The van der Waals surface area contributed by atoms with Crippen molar-refractivity contribution in [2.45, 2.75) is 19.3 Å². The zero-order valence-electron chi connectivity index (χ0n) is 7.51. The molecule has 68 valence electrons. The predicted octanol–water partition coefficient (Wildman–Crippen LogP) is 2.06. The van der Waals surface area contributed by atoms with Gasteiger partial charge in [0.15, 0.2) is 0 Å². The number of ether oxygens (including phenoxy) is 1. The molecule has 0 bridgehead atoms. The first-order valence-corrected chi connectivity index (χ1v) is 5.70. The highest BCUT2D eigenvalue weighted by Crippen LogP contribution is 2.32. The monoisotopic (exact) mass is 185 g/mol. The molecular weight excluding hydrogens is 170 g/mol. The summed E-state index contributed by atoms with van der Waals surface area (Å²) >= 11 is 1.84. The molecule has 0 N–H and O–H groups in total. The van der Waals surface area contributed by atoms with Crippen LogP contribution in [0.4, 0.5) is 0 Å². The molecular formula is C9H15NOS. The molecule has 1 rings (SSSR count). The van der Waals surface area contributed by atoms with Crippen LogP contribution in [0.2, 0.25) is 0 Å².